The first kappa shape index (κ1) is 9.62. The van der Waals surface area contributed by atoms with Gasteiger partial charge in [-0.25, -0.2) is 4.39 Å². The van der Waals surface area contributed by atoms with Gasteiger partial charge in [0.05, 0.1) is 5.02 Å². The van der Waals surface area contributed by atoms with Crippen molar-refractivity contribution in [2.45, 2.75) is 6.92 Å². The third-order valence-corrected chi connectivity index (χ3v) is 2.10. The molecule has 0 atom stereocenters. The number of hydrogen-bond donors (Lipinski definition) is 0. The van der Waals surface area contributed by atoms with E-state index in [0.717, 1.165) is 5.56 Å². The van der Waals surface area contributed by atoms with Crippen LogP contribution in [0.2, 0.25) is 10.0 Å². The van der Waals surface area contributed by atoms with Crippen molar-refractivity contribution in [1.82, 2.24) is 0 Å². The zero-order chi connectivity index (χ0) is 9.14. The van der Waals surface area contributed by atoms with E-state index >= 15 is 0 Å². The molecule has 0 bridgehead atoms. The molecule has 0 radical (unpaired) electrons. The van der Waals surface area contributed by atoms with Gasteiger partial charge in [-0.1, -0.05) is 23.2 Å². The van der Waals surface area contributed by atoms with Crippen LogP contribution < -0.4 is 4.74 Å². The van der Waals surface area contributed by atoms with Gasteiger partial charge in [-0.15, -0.1) is 0 Å². The number of hydrogen-bond acceptors (Lipinski definition) is 1. The fourth-order valence-electron chi connectivity index (χ4n) is 0.859. The fourth-order valence-corrected chi connectivity index (χ4v) is 1.29. The molecule has 1 aromatic carbocycles. The van der Waals surface area contributed by atoms with Crippen molar-refractivity contribution in [2.75, 3.05) is 6.86 Å². The minimum atomic E-state index is -0.903. The average molecular weight is 209 g/mol. The van der Waals surface area contributed by atoms with E-state index < -0.39 is 6.86 Å². The lowest BCUT2D eigenvalue weighted by molar-refractivity contribution is 0.192. The molecule has 0 saturated carbocycles. The maximum atomic E-state index is 11.8. The lowest BCUT2D eigenvalue weighted by atomic mass is 10.2. The van der Waals surface area contributed by atoms with Gasteiger partial charge in [-0.05, 0) is 18.6 Å². The minimum absolute atomic E-state index is 0.282. The summed E-state index contributed by atoms with van der Waals surface area (Å²) in [5.41, 5.74) is 0.771. The van der Waals surface area contributed by atoms with Crippen molar-refractivity contribution < 1.29 is 9.13 Å². The summed E-state index contributed by atoms with van der Waals surface area (Å²) in [7, 11) is 0. The molecule has 12 heavy (non-hydrogen) atoms. The molecule has 0 N–H and O–H groups in total. The van der Waals surface area contributed by atoms with Crippen LogP contribution in [0.1, 0.15) is 5.56 Å². The van der Waals surface area contributed by atoms with Gasteiger partial charge in [0.1, 0.15) is 5.75 Å². The molecular formula is C8H7Cl2FO. The summed E-state index contributed by atoms with van der Waals surface area (Å²) in [6, 6.07) is 3.17. The first-order valence-electron chi connectivity index (χ1n) is 3.29. The number of halogens is 3. The molecule has 0 spiro atoms. The summed E-state index contributed by atoms with van der Waals surface area (Å²) in [6.45, 7) is 0.874. The van der Waals surface area contributed by atoms with Crippen LogP contribution in [-0.2, 0) is 0 Å². The molecule has 1 aromatic rings. The van der Waals surface area contributed by atoms with Crippen LogP contribution in [0.3, 0.4) is 0 Å². The Labute approximate surface area is 80.0 Å². The second kappa shape index (κ2) is 3.97. The van der Waals surface area contributed by atoms with Gasteiger partial charge in [0, 0.05) is 11.1 Å². The van der Waals surface area contributed by atoms with E-state index in [2.05, 4.69) is 4.74 Å². The standard InChI is InChI=1S/C8H7Cl2FO/c1-5-2-6(9)3-7(8(5)10)12-4-11/h2-3H,4H2,1H3. The third-order valence-electron chi connectivity index (χ3n) is 1.40. The van der Waals surface area contributed by atoms with Crippen LogP contribution in [-0.4, -0.2) is 6.86 Å². The smallest absolute Gasteiger partial charge is 0.228 e. The van der Waals surface area contributed by atoms with Crippen LogP contribution in [0.5, 0.6) is 5.75 Å². The summed E-state index contributed by atoms with van der Waals surface area (Å²) in [5, 5.41) is 0.886. The van der Waals surface area contributed by atoms with E-state index in [-0.39, 0.29) is 5.75 Å². The Morgan fingerprint density at radius 3 is 2.67 bits per heavy atom. The number of alkyl halides is 1. The molecule has 0 aliphatic heterocycles. The predicted octanol–water partition coefficient (Wildman–Crippen LogP) is 3.61. The molecule has 66 valence electrons. The minimum Gasteiger partial charge on any atom is -0.461 e. The summed E-state index contributed by atoms with van der Waals surface area (Å²) < 4.78 is 16.4. The van der Waals surface area contributed by atoms with Crippen LogP contribution in [0.25, 0.3) is 0 Å². The second-order valence-corrected chi connectivity index (χ2v) is 3.10. The second-order valence-electron chi connectivity index (χ2n) is 2.29. The Morgan fingerprint density at radius 2 is 2.08 bits per heavy atom. The zero-order valence-corrected chi connectivity index (χ0v) is 7.92. The lowest BCUT2D eigenvalue weighted by Crippen LogP contribution is -1.92. The molecule has 0 heterocycles. The van der Waals surface area contributed by atoms with Gasteiger partial charge in [-0.2, -0.15) is 0 Å². The topological polar surface area (TPSA) is 9.23 Å². The number of ether oxygens (including phenoxy) is 1. The zero-order valence-electron chi connectivity index (χ0n) is 6.40. The van der Waals surface area contributed by atoms with Crippen molar-refractivity contribution in [3.05, 3.63) is 27.7 Å². The van der Waals surface area contributed by atoms with Crippen molar-refractivity contribution in [1.29, 1.82) is 0 Å². The van der Waals surface area contributed by atoms with Crippen molar-refractivity contribution in [3.8, 4) is 5.75 Å². The largest absolute Gasteiger partial charge is 0.461 e. The summed E-state index contributed by atoms with van der Waals surface area (Å²) in [4.78, 5) is 0. The van der Waals surface area contributed by atoms with E-state index in [1.165, 1.54) is 6.07 Å². The monoisotopic (exact) mass is 208 g/mol. The molecule has 0 saturated heterocycles. The highest BCUT2D eigenvalue weighted by Crippen LogP contribution is 2.31. The average Bonchev–Trinajstić information content (AvgIpc) is 2.00. The molecule has 0 aromatic heterocycles. The molecule has 0 fully saturated rings. The molecule has 1 rings (SSSR count). The van der Waals surface area contributed by atoms with Crippen LogP contribution >= 0.6 is 23.2 Å². The maximum absolute atomic E-state index is 11.8. The van der Waals surface area contributed by atoms with Gasteiger partial charge in [0.2, 0.25) is 6.86 Å². The molecule has 0 unspecified atom stereocenters. The van der Waals surface area contributed by atoms with Crippen LogP contribution in [0.15, 0.2) is 12.1 Å². The first-order valence-corrected chi connectivity index (χ1v) is 4.05. The summed E-state index contributed by atoms with van der Waals surface area (Å²) >= 11 is 11.5. The van der Waals surface area contributed by atoms with Gasteiger partial charge < -0.3 is 4.74 Å². The molecular weight excluding hydrogens is 202 g/mol. The fraction of sp³-hybridized carbons (Fsp3) is 0.250. The van der Waals surface area contributed by atoms with E-state index in [4.69, 9.17) is 23.2 Å². The SMILES string of the molecule is Cc1cc(Cl)cc(OCF)c1Cl. The van der Waals surface area contributed by atoms with E-state index in [1.54, 1.807) is 13.0 Å². The summed E-state index contributed by atoms with van der Waals surface area (Å²) in [6.07, 6.45) is 0. The van der Waals surface area contributed by atoms with Gasteiger partial charge in [0.15, 0.2) is 0 Å². The Bertz CT molecular complexity index is 289. The molecule has 4 heteroatoms. The van der Waals surface area contributed by atoms with Gasteiger partial charge in [-0.3, -0.25) is 0 Å². The molecule has 1 nitrogen and oxygen atoms in total. The highest BCUT2D eigenvalue weighted by atomic mass is 35.5. The maximum Gasteiger partial charge on any atom is 0.228 e. The van der Waals surface area contributed by atoms with E-state index in [1.807, 2.05) is 0 Å². The van der Waals surface area contributed by atoms with Gasteiger partial charge >= 0.3 is 0 Å². The Balaban J connectivity index is 3.09. The Morgan fingerprint density at radius 1 is 1.42 bits per heavy atom. The normalized spacial score (nSPS) is 10.0. The van der Waals surface area contributed by atoms with E-state index in [0.29, 0.717) is 10.0 Å². The van der Waals surface area contributed by atoms with Crippen molar-refractivity contribution >= 4 is 23.2 Å². The molecule has 0 amide bonds. The molecule has 0 aliphatic carbocycles. The van der Waals surface area contributed by atoms with Crippen molar-refractivity contribution in [2.24, 2.45) is 0 Å². The third kappa shape index (κ3) is 2.02. The van der Waals surface area contributed by atoms with Crippen LogP contribution in [0, 0.1) is 6.92 Å². The number of aryl methyl sites for hydroxylation is 1. The highest BCUT2D eigenvalue weighted by molar-refractivity contribution is 6.34. The molecule has 0 aliphatic rings. The summed E-state index contributed by atoms with van der Waals surface area (Å²) in [5.74, 6) is 0.282. The van der Waals surface area contributed by atoms with E-state index in [9.17, 15) is 4.39 Å². The Hall–Kier alpha value is -0.470. The predicted molar refractivity (Wildman–Crippen MR) is 47.8 cm³/mol. The first-order chi connectivity index (χ1) is 5.65. The lowest BCUT2D eigenvalue weighted by Gasteiger charge is -2.06. The highest BCUT2D eigenvalue weighted by Gasteiger charge is 2.05. The Kier molecular flexibility index (Phi) is 3.18. The van der Waals surface area contributed by atoms with Gasteiger partial charge in [0.25, 0.3) is 0 Å². The quantitative estimate of drug-likeness (QED) is 0.722. The number of rotatable bonds is 2. The van der Waals surface area contributed by atoms with Crippen molar-refractivity contribution in [3.63, 3.8) is 0 Å². The number of benzene rings is 1. The van der Waals surface area contributed by atoms with Crippen LogP contribution in [0.4, 0.5) is 4.39 Å².